The molecule has 1 aliphatic heterocycles. The van der Waals surface area contributed by atoms with Gasteiger partial charge in [0.25, 0.3) is 0 Å². The zero-order valence-corrected chi connectivity index (χ0v) is 13.5. The van der Waals surface area contributed by atoms with Gasteiger partial charge in [-0.1, -0.05) is 42.5 Å². The van der Waals surface area contributed by atoms with Crippen LogP contribution in [0, 0.1) is 0 Å². The fourth-order valence-corrected chi connectivity index (χ4v) is 2.73. The number of benzene rings is 2. The van der Waals surface area contributed by atoms with E-state index in [2.05, 4.69) is 17.0 Å². The molecule has 0 amide bonds. The van der Waals surface area contributed by atoms with E-state index in [4.69, 9.17) is 14.2 Å². The summed E-state index contributed by atoms with van der Waals surface area (Å²) in [7, 11) is 0. The molecule has 0 spiro atoms. The molecule has 0 N–H and O–H groups in total. The lowest BCUT2D eigenvalue weighted by atomic mass is 10.1. The van der Waals surface area contributed by atoms with Crippen LogP contribution in [0.2, 0.25) is 0 Å². The van der Waals surface area contributed by atoms with Crippen molar-refractivity contribution in [3.63, 3.8) is 0 Å². The number of ether oxygens (including phenoxy) is 3. The summed E-state index contributed by atoms with van der Waals surface area (Å²) in [5.74, 6) is 1.55. The Kier molecular flexibility index (Phi) is 5.51. The fraction of sp³-hybridized carbons (Fsp3) is 0.368. The molecule has 0 saturated carbocycles. The molecule has 0 aromatic heterocycles. The second-order valence-corrected chi connectivity index (χ2v) is 5.41. The molecule has 1 saturated heterocycles. The van der Waals surface area contributed by atoms with Crippen molar-refractivity contribution >= 4 is 0 Å². The van der Waals surface area contributed by atoms with Gasteiger partial charge in [0.1, 0.15) is 0 Å². The highest BCUT2D eigenvalue weighted by molar-refractivity contribution is 5.40. The zero-order valence-electron chi connectivity index (χ0n) is 13.5. The van der Waals surface area contributed by atoms with Gasteiger partial charge in [-0.25, -0.2) is 0 Å². The van der Waals surface area contributed by atoms with E-state index in [1.165, 1.54) is 0 Å². The fourth-order valence-electron chi connectivity index (χ4n) is 2.73. The minimum absolute atomic E-state index is 0.137. The van der Waals surface area contributed by atoms with Crippen molar-refractivity contribution in [3.05, 3.63) is 60.2 Å². The third-order valence-electron chi connectivity index (χ3n) is 3.85. The molecule has 0 aliphatic carbocycles. The van der Waals surface area contributed by atoms with Crippen LogP contribution in [-0.4, -0.2) is 37.8 Å². The Bertz CT molecular complexity index is 597. The standard InChI is InChI=1S/C19H23NO3/c1-2-22-17-10-6-7-11-18(17)23-19(16-8-4-3-5-9-16)20-12-14-21-15-13-20/h3-11,19H,2,12-15H2,1H3. The van der Waals surface area contributed by atoms with Crippen LogP contribution in [0.1, 0.15) is 18.7 Å². The first-order valence-electron chi connectivity index (χ1n) is 8.13. The van der Waals surface area contributed by atoms with Gasteiger partial charge in [0, 0.05) is 18.7 Å². The molecular weight excluding hydrogens is 290 g/mol. The Morgan fingerprint density at radius 1 is 0.957 bits per heavy atom. The van der Waals surface area contributed by atoms with Crippen LogP contribution < -0.4 is 9.47 Å². The van der Waals surface area contributed by atoms with Crippen LogP contribution in [0.4, 0.5) is 0 Å². The second-order valence-electron chi connectivity index (χ2n) is 5.41. The normalized spacial score (nSPS) is 16.7. The first-order chi connectivity index (χ1) is 11.4. The largest absolute Gasteiger partial charge is 0.490 e. The molecule has 23 heavy (non-hydrogen) atoms. The molecule has 1 heterocycles. The zero-order chi connectivity index (χ0) is 15.9. The van der Waals surface area contributed by atoms with E-state index >= 15 is 0 Å². The highest BCUT2D eigenvalue weighted by atomic mass is 16.5. The molecule has 0 bridgehead atoms. The highest BCUT2D eigenvalue weighted by Crippen LogP contribution is 2.32. The summed E-state index contributed by atoms with van der Waals surface area (Å²) in [6.45, 7) is 5.79. The number of hydrogen-bond acceptors (Lipinski definition) is 4. The maximum atomic E-state index is 6.37. The molecule has 3 rings (SSSR count). The first kappa shape index (κ1) is 15.8. The molecule has 2 aromatic carbocycles. The Balaban J connectivity index is 1.86. The summed E-state index contributed by atoms with van der Waals surface area (Å²) in [6.07, 6.45) is -0.137. The Labute approximate surface area is 137 Å². The summed E-state index contributed by atoms with van der Waals surface area (Å²) >= 11 is 0. The average Bonchev–Trinajstić information content (AvgIpc) is 2.63. The van der Waals surface area contributed by atoms with Gasteiger partial charge in [-0.05, 0) is 19.1 Å². The number of para-hydroxylation sites is 2. The maximum Gasteiger partial charge on any atom is 0.179 e. The van der Waals surface area contributed by atoms with E-state index in [1.807, 2.05) is 49.4 Å². The highest BCUT2D eigenvalue weighted by Gasteiger charge is 2.25. The van der Waals surface area contributed by atoms with Crippen LogP contribution in [0.5, 0.6) is 11.5 Å². The van der Waals surface area contributed by atoms with E-state index in [0.29, 0.717) is 6.61 Å². The van der Waals surface area contributed by atoms with Gasteiger partial charge in [-0.15, -0.1) is 0 Å². The molecule has 1 fully saturated rings. The lowest BCUT2D eigenvalue weighted by Crippen LogP contribution is -2.41. The van der Waals surface area contributed by atoms with Gasteiger partial charge in [0.2, 0.25) is 0 Å². The molecular formula is C19H23NO3. The Hall–Kier alpha value is -2.04. The monoisotopic (exact) mass is 313 g/mol. The van der Waals surface area contributed by atoms with E-state index in [1.54, 1.807) is 0 Å². The Morgan fingerprint density at radius 2 is 1.61 bits per heavy atom. The van der Waals surface area contributed by atoms with Crippen LogP contribution in [0.15, 0.2) is 54.6 Å². The van der Waals surface area contributed by atoms with Crippen LogP contribution in [-0.2, 0) is 4.74 Å². The van der Waals surface area contributed by atoms with E-state index < -0.39 is 0 Å². The van der Waals surface area contributed by atoms with Crippen LogP contribution in [0.25, 0.3) is 0 Å². The van der Waals surface area contributed by atoms with Crippen molar-refractivity contribution in [3.8, 4) is 11.5 Å². The molecule has 1 unspecified atom stereocenters. The summed E-state index contributed by atoms with van der Waals surface area (Å²) in [5.41, 5.74) is 1.14. The SMILES string of the molecule is CCOc1ccccc1OC(c1ccccc1)N1CCOCC1. The quantitative estimate of drug-likeness (QED) is 0.817. The lowest BCUT2D eigenvalue weighted by molar-refractivity contribution is -0.0483. The van der Waals surface area contributed by atoms with Gasteiger partial charge in [0.15, 0.2) is 17.7 Å². The minimum Gasteiger partial charge on any atom is -0.490 e. The second kappa shape index (κ2) is 7.99. The van der Waals surface area contributed by atoms with Gasteiger partial charge in [-0.2, -0.15) is 0 Å². The maximum absolute atomic E-state index is 6.37. The lowest BCUT2D eigenvalue weighted by Gasteiger charge is -2.34. The first-order valence-corrected chi connectivity index (χ1v) is 8.13. The molecule has 1 aliphatic rings. The minimum atomic E-state index is -0.137. The topological polar surface area (TPSA) is 30.9 Å². The smallest absolute Gasteiger partial charge is 0.179 e. The van der Waals surface area contributed by atoms with Crippen molar-refractivity contribution in [2.45, 2.75) is 13.2 Å². The van der Waals surface area contributed by atoms with Gasteiger partial charge in [0.05, 0.1) is 19.8 Å². The van der Waals surface area contributed by atoms with Crippen molar-refractivity contribution < 1.29 is 14.2 Å². The molecule has 122 valence electrons. The van der Waals surface area contributed by atoms with Gasteiger partial charge < -0.3 is 14.2 Å². The van der Waals surface area contributed by atoms with E-state index in [-0.39, 0.29) is 6.23 Å². The summed E-state index contributed by atoms with van der Waals surface area (Å²) < 4.78 is 17.5. The third-order valence-corrected chi connectivity index (χ3v) is 3.85. The van der Waals surface area contributed by atoms with Crippen molar-refractivity contribution in [2.24, 2.45) is 0 Å². The van der Waals surface area contributed by atoms with Crippen LogP contribution >= 0.6 is 0 Å². The predicted octanol–water partition coefficient (Wildman–Crippen LogP) is 3.50. The predicted molar refractivity (Wildman–Crippen MR) is 89.8 cm³/mol. The number of nitrogens with zero attached hydrogens (tertiary/aromatic N) is 1. The number of morpholine rings is 1. The van der Waals surface area contributed by atoms with Gasteiger partial charge in [-0.3, -0.25) is 4.90 Å². The molecule has 4 nitrogen and oxygen atoms in total. The van der Waals surface area contributed by atoms with Crippen molar-refractivity contribution in [1.82, 2.24) is 4.90 Å². The van der Waals surface area contributed by atoms with Crippen molar-refractivity contribution in [2.75, 3.05) is 32.9 Å². The average molecular weight is 313 g/mol. The Morgan fingerprint density at radius 3 is 2.30 bits per heavy atom. The van der Waals surface area contributed by atoms with Gasteiger partial charge >= 0.3 is 0 Å². The van der Waals surface area contributed by atoms with E-state index in [0.717, 1.165) is 43.4 Å². The van der Waals surface area contributed by atoms with Crippen molar-refractivity contribution in [1.29, 1.82) is 0 Å². The summed E-state index contributed by atoms with van der Waals surface area (Å²) in [4.78, 5) is 2.31. The summed E-state index contributed by atoms with van der Waals surface area (Å²) in [6, 6.07) is 18.1. The molecule has 4 heteroatoms. The number of hydrogen-bond donors (Lipinski definition) is 0. The molecule has 2 aromatic rings. The van der Waals surface area contributed by atoms with Crippen LogP contribution in [0.3, 0.4) is 0 Å². The summed E-state index contributed by atoms with van der Waals surface area (Å²) in [5, 5.41) is 0. The third kappa shape index (κ3) is 4.03. The molecule has 0 radical (unpaired) electrons. The molecule has 1 atom stereocenters. The number of rotatable bonds is 6. The van der Waals surface area contributed by atoms with E-state index in [9.17, 15) is 0 Å².